The number of hydrogen-bond donors (Lipinski definition) is 0. The average Bonchev–Trinajstić information content (AvgIpc) is 2.18. The summed E-state index contributed by atoms with van der Waals surface area (Å²) >= 11 is 1.80. The van der Waals surface area contributed by atoms with Crippen molar-refractivity contribution in [2.45, 2.75) is 19.9 Å². The highest BCUT2D eigenvalue weighted by Gasteiger charge is 2.29. The van der Waals surface area contributed by atoms with Crippen LogP contribution in [0, 0.1) is 0 Å². The zero-order valence-corrected chi connectivity index (χ0v) is 9.30. The minimum Gasteiger partial charge on any atom is -0.459 e. The molecule has 5 heteroatoms. The van der Waals surface area contributed by atoms with E-state index < -0.39 is 11.9 Å². The van der Waals surface area contributed by atoms with Gasteiger partial charge in [-0.25, -0.2) is 4.79 Å². The Morgan fingerprint density at radius 3 is 2.86 bits per heavy atom. The van der Waals surface area contributed by atoms with Crippen molar-refractivity contribution in [3.05, 3.63) is 0 Å². The summed E-state index contributed by atoms with van der Waals surface area (Å²) in [5.74, 6) is 0.562. The fourth-order valence-corrected chi connectivity index (χ4v) is 2.35. The van der Waals surface area contributed by atoms with E-state index in [1.54, 1.807) is 23.6 Å². The maximum absolute atomic E-state index is 11.5. The van der Waals surface area contributed by atoms with E-state index in [-0.39, 0.29) is 12.6 Å². The number of amides is 1. The second kappa shape index (κ2) is 5.24. The predicted molar refractivity (Wildman–Crippen MR) is 55.1 cm³/mol. The van der Waals surface area contributed by atoms with Gasteiger partial charge in [-0.3, -0.25) is 4.79 Å². The minimum atomic E-state index is -0.730. The fraction of sp³-hybridized carbons (Fsp3) is 0.778. The Hall–Kier alpha value is -0.710. The van der Waals surface area contributed by atoms with Crippen molar-refractivity contribution < 1.29 is 14.3 Å². The summed E-state index contributed by atoms with van der Waals surface area (Å²) in [6.07, 6.45) is 0. The maximum Gasteiger partial charge on any atom is 0.397 e. The molecule has 14 heavy (non-hydrogen) atoms. The number of hydrogen-bond acceptors (Lipinski definition) is 4. The first-order valence-corrected chi connectivity index (χ1v) is 5.87. The third-order valence-electron chi connectivity index (χ3n) is 2.08. The maximum atomic E-state index is 11.5. The second-order valence-corrected chi connectivity index (χ2v) is 4.29. The molecule has 0 saturated carbocycles. The Morgan fingerprint density at radius 2 is 2.29 bits per heavy atom. The first-order valence-electron chi connectivity index (χ1n) is 4.72. The summed E-state index contributed by atoms with van der Waals surface area (Å²) in [6.45, 7) is 4.54. The molecule has 0 N–H and O–H groups in total. The van der Waals surface area contributed by atoms with Crippen LogP contribution in [0.2, 0.25) is 0 Å². The summed E-state index contributed by atoms with van der Waals surface area (Å²) < 4.78 is 4.67. The van der Waals surface area contributed by atoms with Crippen molar-refractivity contribution in [1.82, 2.24) is 4.90 Å². The average molecular weight is 217 g/mol. The van der Waals surface area contributed by atoms with Gasteiger partial charge in [0, 0.05) is 24.1 Å². The second-order valence-electron chi connectivity index (χ2n) is 3.14. The molecule has 1 saturated heterocycles. The van der Waals surface area contributed by atoms with Crippen LogP contribution < -0.4 is 0 Å². The van der Waals surface area contributed by atoms with Gasteiger partial charge in [-0.15, -0.1) is 0 Å². The Kier molecular flexibility index (Phi) is 4.25. The topological polar surface area (TPSA) is 46.6 Å². The lowest BCUT2D eigenvalue weighted by Crippen LogP contribution is -2.47. The summed E-state index contributed by atoms with van der Waals surface area (Å²) in [5.41, 5.74) is 0. The van der Waals surface area contributed by atoms with Crippen molar-refractivity contribution in [3.8, 4) is 0 Å². The van der Waals surface area contributed by atoms with Gasteiger partial charge in [0.2, 0.25) is 0 Å². The first kappa shape index (κ1) is 11.4. The van der Waals surface area contributed by atoms with Gasteiger partial charge in [0.1, 0.15) is 0 Å². The molecule has 1 heterocycles. The van der Waals surface area contributed by atoms with Crippen LogP contribution >= 0.6 is 11.8 Å². The molecule has 1 amide bonds. The zero-order valence-electron chi connectivity index (χ0n) is 8.49. The number of carbonyl (C=O) groups excluding carboxylic acids is 2. The van der Waals surface area contributed by atoms with E-state index in [0.29, 0.717) is 6.54 Å². The van der Waals surface area contributed by atoms with E-state index in [9.17, 15) is 9.59 Å². The highest BCUT2D eigenvalue weighted by Crippen LogP contribution is 2.16. The number of thioether (sulfide) groups is 1. The third kappa shape index (κ3) is 2.64. The van der Waals surface area contributed by atoms with Gasteiger partial charge < -0.3 is 9.64 Å². The fourth-order valence-electron chi connectivity index (χ4n) is 1.34. The molecule has 1 aliphatic heterocycles. The number of rotatable bonds is 1. The molecular weight excluding hydrogens is 202 g/mol. The molecule has 0 bridgehead atoms. The van der Waals surface area contributed by atoms with Crippen LogP contribution in [0.5, 0.6) is 0 Å². The predicted octanol–water partition coefficient (Wildman–Crippen LogP) is 0.513. The van der Waals surface area contributed by atoms with Crippen LogP contribution in [-0.4, -0.2) is 47.5 Å². The van der Waals surface area contributed by atoms with Gasteiger partial charge >= 0.3 is 11.9 Å². The van der Waals surface area contributed by atoms with Crippen LogP contribution in [0.3, 0.4) is 0 Å². The monoisotopic (exact) mass is 217 g/mol. The largest absolute Gasteiger partial charge is 0.459 e. The van der Waals surface area contributed by atoms with Gasteiger partial charge in [-0.1, -0.05) is 0 Å². The highest BCUT2D eigenvalue weighted by atomic mass is 32.2. The standard InChI is InChI=1S/C9H15NO3S/c1-3-13-9(12)8(11)10-4-5-14-6-7(10)2/h7H,3-6H2,1-2H3. The van der Waals surface area contributed by atoms with E-state index in [4.69, 9.17) is 0 Å². The highest BCUT2D eigenvalue weighted by molar-refractivity contribution is 7.99. The Bertz CT molecular complexity index is 232. The molecule has 1 unspecified atom stereocenters. The lowest BCUT2D eigenvalue weighted by Gasteiger charge is -2.31. The van der Waals surface area contributed by atoms with E-state index in [0.717, 1.165) is 11.5 Å². The molecule has 1 rings (SSSR count). The van der Waals surface area contributed by atoms with Crippen molar-refractivity contribution in [1.29, 1.82) is 0 Å². The lowest BCUT2D eigenvalue weighted by atomic mass is 10.3. The molecule has 0 aromatic carbocycles. The van der Waals surface area contributed by atoms with E-state index >= 15 is 0 Å². The van der Waals surface area contributed by atoms with Crippen LogP contribution in [0.15, 0.2) is 0 Å². The third-order valence-corrected chi connectivity index (χ3v) is 3.27. The van der Waals surface area contributed by atoms with Crippen molar-refractivity contribution in [2.24, 2.45) is 0 Å². The molecule has 1 atom stereocenters. The SMILES string of the molecule is CCOC(=O)C(=O)N1CCSCC1C. The van der Waals surface area contributed by atoms with Crippen molar-refractivity contribution >= 4 is 23.6 Å². The number of esters is 1. The Balaban J connectivity index is 2.53. The number of carbonyl (C=O) groups is 2. The smallest absolute Gasteiger partial charge is 0.397 e. The van der Waals surface area contributed by atoms with Crippen molar-refractivity contribution in [3.63, 3.8) is 0 Å². The van der Waals surface area contributed by atoms with E-state index in [2.05, 4.69) is 4.74 Å². The molecule has 0 radical (unpaired) electrons. The summed E-state index contributed by atoms with van der Waals surface area (Å²) in [4.78, 5) is 24.3. The van der Waals surface area contributed by atoms with E-state index in [1.165, 1.54) is 0 Å². The quantitative estimate of drug-likeness (QED) is 0.474. The van der Waals surface area contributed by atoms with Gasteiger partial charge in [0.15, 0.2) is 0 Å². The molecule has 0 aromatic rings. The van der Waals surface area contributed by atoms with Crippen molar-refractivity contribution in [2.75, 3.05) is 24.7 Å². The van der Waals surface area contributed by atoms with Gasteiger partial charge in [0.05, 0.1) is 6.61 Å². The van der Waals surface area contributed by atoms with Crippen LogP contribution in [0.4, 0.5) is 0 Å². The molecule has 1 fully saturated rings. The van der Waals surface area contributed by atoms with E-state index in [1.807, 2.05) is 6.92 Å². The molecule has 0 spiro atoms. The first-order chi connectivity index (χ1) is 6.66. The Labute approximate surface area is 88.0 Å². The number of ether oxygens (including phenoxy) is 1. The van der Waals surface area contributed by atoms with Crippen LogP contribution in [-0.2, 0) is 14.3 Å². The van der Waals surface area contributed by atoms with Crippen LogP contribution in [0.1, 0.15) is 13.8 Å². The van der Waals surface area contributed by atoms with Gasteiger partial charge in [0.25, 0.3) is 0 Å². The summed E-state index contributed by atoms with van der Waals surface area (Å²) in [6, 6.07) is 0.130. The van der Waals surface area contributed by atoms with Crippen LogP contribution in [0.25, 0.3) is 0 Å². The molecular formula is C9H15NO3S. The minimum absolute atomic E-state index is 0.130. The molecule has 0 aliphatic carbocycles. The zero-order chi connectivity index (χ0) is 10.6. The number of nitrogens with zero attached hydrogens (tertiary/aromatic N) is 1. The molecule has 0 aromatic heterocycles. The molecule has 80 valence electrons. The lowest BCUT2D eigenvalue weighted by molar-refractivity contribution is -0.160. The summed E-state index contributed by atoms with van der Waals surface area (Å²) in [5, 5.41) is 0. The summed E-state index contributed by atoms with van der Waals surface area (Å²) in [7, 11) is 0. The van der Waals surface area contributed by atoms with Gasteiger partial charge in [-0.2, -0.15) is 11.8 Å². The Morgan fingerprint density at radius 1 is 1.57 bits per heavy atom. The molecule has 4 nitrogen and oxygen atoms in total. The van der Waals surface area contributed by atoms with Gasteiger partial charge in [-0.05, 0) is 13.8 Å². The molecule has 1 aliphatic rings. The normalized spacial score (nSPS) is 21.9.